The van der Waals surface area contributed by atoms with E-state index in [1.54, 1.807) is 0 Å². The highest BCUT2D eigenvalue weighted by molar-refractivity contribution is 5.92. The van der Waals surface area contributed by atoms with Gasteiger partial charge in [0.2, 0.25) is 0 Å². The molecule has 5 nitrogen and oxygen atoms in total. The number of rotatable bonds is 3. The number of aromatic carboxylic acids is 1. The summed E-state index contributed by atoms with van der Waals surface area (Å²) in [5.41, 5.74) is 5.43. The molecule has 0 atom stereocenters. The molecule has 19 heavy (non-hydrogen) atoms. The molecule has 7 heteroatoms. The molecule has 0 aliphatic heterocycles. The molecule has 0 fully saturated rings. The van der Waals surface area contributed by atoms with Gasteiger partial charge in [-0.25, -0.2) is 23.5 Å². The van der Waals surface area contributed by atoms with Gasteiger partial charge in [-0.05, 0) is 11.6 Å². The lowest BCUT2D eigenvalue weighted by molar-refractivity contribution is 0.0697. The fraction of sp³-hybridized carbons (Fsp3) is 0.0833. The van der Waals surface area contributed by atoms with Crippen molar-refractivity contribution in [2.45, 2.75) is 6.42 Å². The highest BCUT2D eigenvalue weighted by Crippen LogP contribution is 2.14. The van der Waals surface area contributed by atoms with Crippen LogP contribution < -0.4 is 5.73 Å². The third kappa shape index (κ3) is 2.82. The number of halogens is 2. The summed E-state index contributed by atoms with van der Waals surface area (Å²) in [5.74, 6) is -2.67. The molecule has 0 radical (unpaired) electrons. The number of aromatic nitrogens is 2. The van der Waals surface area contributed by atoms with Gasteiger partial charge in [0.25, 0.3) is 0 Å². The van der Waals surface area contributed by atoms with Gasteiger partial charge in [-0.15, -0.1) is 0 Å². The van der Waals surface area contributed by atoms with Crippen LogP contribution in [0.2, 0.25) is 0 Å². The molecule has 0 aliphatic rings. The zero-order chi connectivity index (χ0) is 14.0. The highest BCUT2D eigenvalue weighted by Gasteiger charge is 2.12. The molecule has 0 saturated carbocycles. The highest BCUT2D eigenvalue weighted by atomic mass is 19.1. The van der Waals surface area contributed by atoms with Crippen molar-refractivity contribution >= 4 is 11.8 Å². The molecular formula is C12H9F2N3O2. The summed E-state index contributed by atoms with van der Waals surface area (Å²) in [6.07, 6.45) is 1.05. The number of nitrogen functional groups attached to an aromatic ring is 1. The predicted molar refractivity (Wildman–Crippen MR) is 62.6 cm³/mol. The molecule has 0 unspecified atom stereocenters. The van der Waals surface area contributed by atoms with Gasteiger partial charge >= 0.3 is 5.97 Å². The lowest BCUT2D eigenvalue weighted by Crippen LogP contribution is -2.09. The Morgan fingerprint density at radius 3 is 2.68 bits per heavy atom. The van der Waals surface area contributed by atoms with Crippen LogP contribution in [-0.2, 0) is 6.42 Å². The summed E-state index contributed by atoms with van der Waals surface area (Å²) in [4.78, 5) is 18.3. The van der Waals surface area contributed by atoms with E-state index < -0.39 is 17.6 Å². The van der Waals surface area contributed by atoms with E-state index in [1.165, 1.54) is 6.07 Å². The molecule has 2 aromatic rings. The van der Waals surface area contributed by atoms with Crippen LogP contribution >= 0.6 is 0 Å². The Kier molecular flexibility index (Phi) is 3.37. The number of carboxylic acids is 1. The van der Waals surface area contributed by atoms with Crippen molar-refractivity contribution in [1.29, 1.82) is 0 Å². The number of carbonyl (C=O) groups is 1. The van der Waals surface area contributed by atoms with Crippen LogP contribution in [0.25, 0.3) is 0 Å². The molecule has 0 saturated heterocycles. The molecular weight excluding hydrogens is 256 g/mol. The van der Waals surface area contributed by atoms with Crippen molar-refractivity contribution in [3.8, 4) is 0 Å². The molecule has 3 N–H and O–H groups in total. The number of carboxylic acid groups (broad SMARTS) is 1. The minimum Gasteiger partial charge on any atom is -0.477 e. The van der Waals surface area contributed by atoms with Crippen LogP contribution in [0.3, 0.4) is 0 Å². The largest absolute Gasteiger partial charge is 0.477 e. The van der Waals surface area contributed by atoms with E-state index in [2.05, 4.69) is 9.97 Å². The Hall–Kier alpha value is -2.57. The number of benzene rings is 1. The van der Waals surface area contributed by atoms with E-state index in [-0.39, 0.29) is 29.2 Å². The van der Waals surface area contributed by atoms with Crippen molar-refractivity contribution in [3.05, 3.63) is 53.0 Å². The first-order valence-corrected chi connectivity index (χ1v) is 5.26. The lowest BCUT2D eigenvalue weighted by Gasteiger charge is -2.05. The Bertz CT molecular complexity index is 647. The van der Waals surface area contributed by atoms with E-state index in [0.29, 0.717) is 0 Å². The van der Waals surface area contributed by atoms with E-state index in [0.717, 1.165) is 18.3 Å². The Morgan fingerprint density at radius 1 is 1.37 bits per heavy atom. The normalized spacial score (nSPS) is 10.4. The summed E-state index contributed by atoms with van der Waals surface area (Å²) in [6, 6.07) is 3.15. The van der Waals surface area contributed by atoms with E-state index in [9.17, 15) is 13.6 Å². The summed E-state index contributed by atoms with van der Waals surface area (Å²) in [7, 11) is 0. The molecule has 1 aromatic carbocycles. The standard InChI is InChI=1S/C12H9F2N3O2/c13-7-2-1-6(9(14)4-7)3-10-16-5-8(12(18)19)11(15)17-10/h1-2,4-5H,3H2,(H,18,19)(H2,15,16,17). The average Bonchev–Trinajstić information content (AvgIpc) is 2.32. The molecule has 1 aromatic heterocycles. The van der Waals surface area contributed by atoms with Crippen molar-refractivity contribution in [3.63, 3.8) is 0 Å². The molecule has 0 bridgehead atoms. The molecule has 1 heterocycles. The first-order valence-electron chi connectivity index (χ1n) is 5.26. The van der Waals surface area contributed by atoms with Crippen LogP contribution in [0.5, 0.6) is 0 Å². The molecule has 98 valence electrons. The number of nitrogens with two attached hydrogens (primary N) is 1. The average molecular weight is 265 g/mol. The zero-order valence-corrected chi connectivity index (χ0v) is 9.60. The third-order valence-electron chi connectivity index (χ3n) is 2.46. The quantitative estimate of drug-likeness (QED) is 0.880. The van der Waals surface area contributed by atoms with Gasteiger partial charge in [-0.1, -0.05) is 6.07 Å². The van der Waals surface area contributed by atoms with Crippen molar-refractivity contribution in [2.75, 3.05) is 5.73 Å². The topological polar surface area (TPSA) is 89.1 Å². The van der Waals surface area contributed by atoms with Crippen LogP contribution in [0.15, 0.2) is 24.4 Å². The van der Waals surface area contributed by atoms with Crippen LogP contribution in [0, 0.1) is 11.6 Å². The predicted octanol–water partition coefficient (Wildman–Crippen LogP) is 1.63. The van der Waals surface area contributed by atoms with Gasteiger partial charge in [0.15, 0.2) is 0 Å². The molecule has 0 spiro atoms. The monoisotopic (exact) mass is 265 g/mol. The van der Waals surface area contributed by atoms with Crippen LogP contribution in [0.1, 0.15) is 21.7 Å². The summed E-state index contributed by atoms with van der Waals surface area (Å²) < 4.78 is 26.2. The first kappa shape index (κ1) is 12.9. The van der Waals surface area contributed by atoms with Crippen LogP contribution in [-0.4, -0.2) is 21.0 Å². The summed E-state index contributed by atoms with van der Waals surface area (Å²) in [6.45, 7) is 0. The first-order chi connectivity index (χ1) is 8.97. The third-order valence-corrected chi connectivity index (χ3v) is 2.46. The second kappa shape index (κ2) is 4.97. The number of hydrogen-bond donors (Lipinski definition) is 2. The van der Waals surface area contributed by atoms with E-state index >= 15 is 0 Å². The minimum atomic E-state index is -1.24. The lowest BCUT2D eigenvalue weighted by atomic mass is 10.1. The van der Waals surface area contributed by atoms with Gasteiger partial charge in [-0.2, -0.15) is 0 Å². The maximum atomic E-state index is 13.4. The van der Waals surface area contributed by atoms with Gasteiger partial charge in [0, 0.05) is 18.7 Å². The van der Waals surface area contributed by atoms with Crippen LogP contribution in [0.4, 0.5) is 14.6 Å². The second-order valence-corrected chi connectivity index (χ2v) is 3.80. The van der Waals surface area contributed by atoms with Crippen molar-refractivity contribution < 1.29 is 18.7 Å². The maximum absolute atomic E-state index is 13.4. The summed E-state index contributed by atoms with van der Waals surface area (Å²) >= 11 is 0. The Morgan fingerprint density at radius 2 is 2.11 bits per heavy atom. The van der Waals surface area contributed by atoms with Gasteiger partial charge in [0.1, 0.15) is 28.8 Å². The Balaban J connectivity index is 2.29. The van der Waals surface area contributed by atoms with Gasteiger partial charge in [-0.3, -0.25) is 0 Å². The van der Waals surface area contributed by atoms with E-state index in [4.69, 9.17) is 10.8 Å². The number of nitrogens with zero attached hydrogens (tertiary/aromatic N) is 2. The Labute approximate surface area is 106 Å². The fourth-order valence-electron chi connectivity index (χ4n) is 1.52. The number of hydrogen-bond acceptors (Lipinski definition) is 4. The minimum absolute atomic E-state index is 0.00376. The SMILES string of the molecule is Nc1nc(Cc2ccc(F)cc2F)ncc1C(=O)O. The molecule has 0 aliphatic carbocycles. The summed E-state index contributed by atoms with van der Waals surface area (Å²) in [5, 5.41) is 8.76. The van der Waals surface area contributed by atoms with Crippen molar-refractivity contribution in [2.24, 2.45) is 0 Å². The fourth-order valence-corrected chi connectivity index (χ4v) is 1.52. The smallest absolute Gasteiger partial charge is 0.341 e. The zero-order valence-electron chi connectivity index (χ0n) is 9.60. The van der Waals surface area contributed by atoms with Gasteiger partial charge in [0.05, 0.1) is 0 Å². The molecule has 2 rings (SSSR count). The van der Waals surface area contributed by atoms with Crippen molar-refractivity contribution in [1.82, 2.24) is 9.97 Å². The van der Waals surface area contributed by atoms with E-state index in [1.807, 2.05) is 0 Å². The molecule has 0 amide bonds. The number of anilines is 1. The maximum Gasteiger partial charge on any atom is 0.341 e. The van der Waals surface area contributed by atoms with Gasteiger partial charge < -0.3 is 10.8 Å². The second-order valence-electron chi connectivity index (χ2n) is 3.80.